The number of hydrogen-bond acceptors (Lipinski definition) is 3. The third-order valence-electron chi connectivity index (χ3n) is 6.01. The van der Waals surface area contributed by atoms with Crippen LogP contribution in [0, 0.1) is 37.5 Å². The Hall–Kier alpha value is -2.31. The van der Waals surface area contributed by atoms with Crippen molar-refractivity contribution in [2.45, 2.75) is 26.8 Å². The van der Waals surface area contributed by atoms with Gasteiger partial charge < -0.3 is 10.4 Å². The third-order valence-corrected chi connectivity index (χ3v) is 6.60. The number of carbonyl (C=O) groups excluding carboxylic acids is 1. The van der Waals surface area contributed by atoms with E-state index in [0.717, 1.165) is 17.7 Å². The Kier molecular flexibility index (Phi) is 5.17. The highest BCUT2D eigenvalue weighted by molar-refractivity contribution is 6.35. The molecule has 0 aliphatic heterocycles. The molecule has 0 spiro atoms. The monoisotopic (exact) mass is 433 g/mol. The number of allylic oxidation sites excluding steroid dienone is 2. The van der Waals surface area contributed by atoms with Gasteiger partial charge in [0.15, 0.2) is 0 Å². The summed E-state index contributed by atoms with van der Waals surface area (Å²) in [5.74, 6) is -2.49. The molecule has 1 aromatic heterocycles. The molecular weight excluding hydrogens is 413 g/mol. The van der Waals surface area contributed by atoms with Crippen molar-refractivity contribution in [2.75, 3.05) is 5.32 Å². The number of carbonyl (C=O) groups is 2. The van der Waals surface area contributed by atoms with Crippen molar-refractivity contribution < 1.29 is 14.7 Å². The number of benzene rings is 1. The van der Waals surface area contributed by atoms with Crippen LogP contribution < -0.4 is 5.32 Å². The number of amides is 1. The minimum atomic E-state index is -0.913. The first-order valence-electron chi connectivity index (χ1n) is 9.46. The van der Waals surface area contributed by atoms with Gasteiger partial charge in [-0.1, -0.05) is 41.4 Å². The van der Waals surface area contributed by atoms with Crippen molar-refractivity contribution in [1.82, 2.24) is 9.78 Å². The zero-order chi connectivity index (χ0) is 20.9. The van der Waals surface area contributed by atoms with Crippen molar-refractivity contribution in [2.24, 2.45) is 23.7 Å². The molecule has 2 N–H and O–H groups in total. The summed E-state index contributed by atoms with van der Waals surface area (Å²) in [6.07, 6.45) is 4.62. The van der Waals surface area contributed by atoms with E-state index in [-0.39, 0.29) is 17.7 Å². The Morgan fingerprint density at radius 3 is 2.55 bits per heavy atom. The van der Waals surface area contributed by atoms with Crippen LogP contribution in [0.2, 0.25) is 10.0 Å². The Bertz CT molecular complexity index is 1030. The van der Waals surface area contributed by atoms with E-state index in [4.69, 9.17) is 23.2 Å². The molecule has 0 radical (unpaired) electrons. The van der Waals surface area contributed by atoms with Gasteiger partial charge in [-0.15, -0.1) is 0 Å². The fourth-order valence-corrected chi connectivity index (χ4v) is 5.03. The van der Waals surface area contributed by atoms with Crippen LogP contribution in [0.5, 0.6) is 0 Å². The van der Waals surface area contributed by atoms with Crippen molar-refractivity contribution in [3.8, 4) is 0 Å². The quantitative estimate of drug-likeness (QED) is 0.687. The smallest absolute Gasteiger partial charge is 0.307 e. The zero-order valence-corrected chi connectivity index (χ0v) is 17.5. The molecule has 8 heteroatoms. The van der Waals surface area contributed by atoms with Crippen LogP contribution >= 0.6 is 23.2 Å². The molecule has 4 atom stereocenters. The summed E-state index contributed by atoms with van der Waals surface area (Å²) in [6, 6.07) is 5.30. The summed E-state index contributed by atoms with van der Waals surface area (Å²) in [7, 11) is 0. The summed E-state index contributed by atoms with van der Waals surface area (Å²) in [5, 5.41) is 18.2. The van der Waals surface area contributed by atoms with Crippen molar-refractivity contribution in [3.63, 3.8) is 0 Å². The van der Waals surface area contributed by atoms with Crippen LogP contribution in [-0.2, 0) is 16.1 Å². The lowest BCUT2D eigenvalue weighted by Crippen LogP contribution is -2.36. The maximum absolute atomic E-state index is 13.0. The fraction of sp³-hybridized carbons (Fsp3) is 0.381. The molecule has 2 aliphatic carbocycles. The van der Waals surface area contributed by atoms with E-state index in [1.54, 1.807) is 16.8 Å². The fourth-order valence-electron chi connectivity index (χ4n) is 4.57. The van der Waals surface area contributed by atoms with Crippen LogP contribution in [0.15, 0.2) is 30.4 Å². The molecule has 1 heterocycles. The third kappa shape index (κ3) is 3.55. The molecule has 1 saturated carbocycles. The van der Waals surface area contributed by atoms with Gasteiger partial charge in [0.25, 0.3) is 0 Å². The van der Waals surface area contributed by atoms with Crippen LogP contribution in [0.25, 0.3) is 0 Å². The number of nitrogens with zero attached hydrogens (tertiary/aromatic N) is 2. The lowest BCUT2D eigenvalue weighted by molar-refractivity contribution is -0.146. The van der Waals surface area contributed by atoms with E-state index >= 15 is 0 Å². The highest BCUT2D eigenvalue weighted by atomic mass is 35.5. The van der Waals surface area contributed by atoms with Gasteiger partial charge in [-0.25, -0.2) is 0 Å². The molecule has 4 rings (SSSR count). The normalized spacial score (nSPS) is 24.8. The van der Waals surface area contributed by atoms with E-state index in [1.807, 2.05) is 32.1 Å². The molecular formula is C21H21Cl2N3O3. The average molecular weight is 434 g/mol. The molecule has 2 bridgehead atoms. The zero-order valence-electron chi connectivity index (χ0n) is 16.0. The SMILES string of the molecule is Cc1nn(Cc2ccc(Cl)cc2Cl)c(C)c1NC(=O)[C@@H]1[C@@H](C(=O)O)[C@H]2C=C[C@H]1C2. The topological polar surface area (TPSA) is 84.2 Å². The van der Waals surface area contributed by atoms with Crippen LogP contribution in [0.4, 0.5) is 5.69 Å². The van der Waals surface area contributed by atoms with Crippen LogP contribution in [0.3, 0.4) is 0 Å². The predicted octanol–water partition coefficient (Wildman–Crippen LogP) is 4.32. The predicted molar refractivity (Wildman–Crippen MR) is 111 cm³/mol. The van der Waals surface area contributed by atoms with Crippen molar-refractivity contribution in [3.05, 3.63) is 57.3 Å². The van der Waals surface area contributed by atoms with Crippen LogP contribution in [-0.4, -0.2) is 26.8 Å². The number of aryl methyl sites for hydroxylation is 1. The first-order chi connectivity index (χ1) is 13.8. The number of carboxylic acids is 1. The second-order valence-corrected chi connectivity index (χ2v) is 8.61. The van der Waals surface area contributed by atoms with Crippen molar-refractivity contribution in [1.29, 1.82) is 0 Å². The molecule has 6 nitrogen and oxygen atoms in total. The van der Waals surface area contributed by atoms with Crippen LogP contribution in [0.1, 0.15) is 23.4 Å². The molecule has 2 aromatic rings. The maximum atomic E-state index is 13.0. The molecule has 0 saturated heterocycles. The average Bonchev–Trinajstić information content (AvgIpc) is 3.34. The Morgan fingerprint density at radius 2 is 1.90 bits per heavy atom. The van der Waals surface area contributed by atoms with Gasteiger partial charge in [0.05, 0.1) is 35.5 Å². The van der Waals surface area contributed by atoms with E-state index in [2.05, 4.69) is 10.4 Å². The van der Waals surface area contributed by atoms with E-state index in [1.165, 1.54) is 0 Å². The Balaban J connectivity index is 1.56. The Morgan fingerprint density at radius 1 is 1.21 bits per heavy atom. The second kappa shape index (κ2) is 7.50. The second-order valence-electron chi connectivity index (χ2n) is 7.77. The summed E-state index contributed by atoms with van der Waals surface area (Å²) < 4.78 is 1.77. The molecule has 152 valence electrons. The van der Waals surface area contributed by atoms with Gasteiger partial charge in [0, 0.05) is 10.0 Å². The maximum Gasteiger partial charge on any atom is 0.307 e. The van der Waals surface area contributed by atoms with E-state index < -0.39 is 17.8 Å². The number of aliphatic carboxylic acids is 1. The highest BCUT2D eigenvalue weighted by Crippen LogP contribution is 2.48. The molecule has 1 amide bonds. The van der Waals surface area contributed by atoms with Gasteiger partial charge >= 0.3 is 5.97 Å². The molecule has 29 heavy (non-hydrogen) atoms. The molecule has 2 aliphatic rings. The number of hydrogen-bond donors (Lipinski definition) is 2. The first kappa shape index (κ1) is 20.0. The summed E-state index contributed by atoms with van der Waals surface area (Å²) in [6.45, 7) is 4.12. The lowest BCUT2D eigenvalue weighted by Gasteiger charge is -2.23. The minimum Gasteiger partial charge on any atom is -0.481 e. The number of nitrogens with one attached hydrogen (secondary N) is 1. The number of anilines is 1. The lowest BCUT2D eigenvalue weighted by atomic mass is 9.82. The number of fused-ring (bicyclic) bond motifs is 2. The number of carboxylic acid groups (broad SMARTS) is 1. The first-order valence-corrected chi connectivity index (χ1v) is 10.2. The molecule has 1 aromatic carbocycles. The highest BCUT2D eigenvalue weighted by Gasteiger charge is 2.51. The standard InChI is InChI=1S/C21H21Cl2N3O3/c1-10-19(11(2)26(25-10)9-14-5-6-15(22)8-16(14)23)24-20(27)17-12-3-4-13(7-12)18(17)21(28)29/h3-6,8,12-13,17-18H,7,9H2,1-2H3,(H,24,27)(H,28,29)/t12-,13-,17-,18-/m0/s1. The van der Waals surface area contributed by atoms with Gasteiger partial charge in [-0.3, -0.25) is 14.3 Å². The molecule has 0 unspecified atom stereocenters. The van der Waals surface area contributed by atoms with Gasteiger partial charge in [0.1, 0.15) is 0 Å². The van der Waals surface area contributed by atoms with Gasteiger partial charge in [0.2, 0.25) is 5.91 Å². The van der Waals surface area contributed by atoms with Crippen molar-refractivity contribution >= 4 is 40.8 Å². The van der Waals surface area contributed by atoms with Gasteiger partial charge in [-0.2, -0.15) is 5.10 Å². The number of aromatic nitrogens is 2. The Labute approximate surface area is 178 Å². The summed E-state index contributed by atoms with van der Waals surface area (Å²) in [4.78, 5) is 24.7. The molecule has 1 fully saturated rings. The minimum absolute atomic E-state index is 0.0235. The number of halogens is 2. The number of rotatable bonds is 5. The largest absolute Gasteiger partial charge is 0.481 e. The van der Waals surface area contributed by atoms with E-state index in [0.29, 0.717) is 28.0 Å². The summed E-state index contributed by atoms with van der Waals surface area (Å²) >= 11 is 12.2. The van der Waals surface area contributed by atoms with E-state index in [9.17, 15) is 14.7 Å². The summed E-state index contributed by atoms with van der Waals surface area (Å²) in [5.41, 5.74) is 2.94. The van der Waals surface area contributed by atoms with Gasteiger partial charge in [-0.05, 0) is 49.8 Å².